The summed E-state index contributed by atoms with van der Waals surface area (Å²) in [6.45, 7) is 4.36. The molecule has 0 heterocycles. The molecule has 1 saturated carbocycles. The van der Waals surface area contributed by atoms with Gasteiger partial charge in [0.05, 0.1) is 5.25 Å². The van der Waals surface area contributed by atoms with Crippen molar-refractivity contribution in [2.75, 3.05) is 11.9 Å². The predicted octanol–water partition coefficient (Wildman–Crippen LogP) is 3.27. The Kier molecular flexibility index (Phi) is 6.17. The van der Waals surface area contributed by atoms with Crippen molar-refractivity contribution in [3.8, 4) is 0 Å². The molecule has 4 nitrogen and oxygen atoms in total. The van der Waals surface area contributed by atoms with Crippen LogP contribution < -0.4 is 10.0 Å². The molecule has 1 aliphatic carbocycles. The molecule has 0 aromatic heterocycles. The van der Waals surface area contributed by atoms with E-state index < -0.39 is 10.0 Å². The fourth-order valence-corrected chi connectivity index (χ4v) is 3.93. The van der Waals surface area contributed by atoms with Gasteiger partial charge in [0, 0.05) is 23.2 Å². The first-order valence-corrected chi connectivity index (χ1v) is 9.90. The van der Waals surface area contributed by atoms with Gasteiger partial charge in [0.25, 0.3) is 0 Å². The summed E-state index contributed by atoms with van der Waals surface area (Å²) in [6.07, 6.45) is 3.95. The molecule has 1 fully saturated rings. The van der Waals surface area contributed by atoms with Gasteiger partial charge in [0.2, 0.25) is 10.0 Å². The summed E-state index contributed by atoms with van der Waals surface area (Å²) in [6, 6.07) is 8.11. The molecule has 124 valence electrons. The van der Waals surface area contributed by atoms with E-state index in [0.29, 0.717) is 5.92 Å². The fourth-order valence-electron chi connectivity index (χ4n) is 2.73. The Morgan fingerprint density at radius 1 is 1.23 bits per heavy atom. The highest BCUT2D eigenvalue weighted by atomic mass is 32.2. The van der Waals surface area contributed by atoms with Crippen LogP contribution in [-0.4, -0.2) is 26.3 Å². The Hall–Kier alpha value is -0.720. The highest BCUT2D eigenvalue weighted by Gasteiger charge is 2.26. The zero-order valence-electron chi connectivity index (χ0n) is 13.2. The Bertz CT molecular complexity index is 580. The van der Waals surface area contributed by atoms with Gasteiger partial charge in [-0.05, 0) is 63.6 Å². The monoisotopic (exact) mass is 342 g/mol. The van der Waals surface area contributed by atoms with Crippen LogP contribution in [0, 0.1) is 5.92 Å². The summed E-state index contributed by atoms with van der Waals surface area (Å²) in [4.78, 5) is 0.955. The van der Waals surface area contributed by atoms with Crippen molar-refractivity contribution in [1.82, 2.24) is 4.72 Å². The van der Waals surface area contributed by atoms with Crippen LogP contribution in [0.15, 0.2) is 29.2 Å². The Morgan fingerprint density at radius 3 is 2.50 bits per heavy atom. The molecule has 6 heteroatoms. The number of hydrogen-bond acceptors (Lipinski definition) is 4. The van der Waals surface area contributed by atoms with Gasteiger partial charge in [-0.2, -0.15) is 0 Å². The Labute approximate surface area is 139 Å². The molecular formula is C16H26N2O2S2. The smallest absolute Gasteiger partial charge is 0.214 e. The van der Waals surface area contributed by atoms with E-state index in [-0.39, 0.29) is 11.3 Å². The van der Waals surface area contributed by atoms with Crippen molar-refractivity contribution in [3.63, 3.8) is 0 Å². The molecular weight excluding hydrogens is 316 g/mol. The van der Waals surface area contributed by atoms with Gasteiger partial charge in [0.1, 0.15) is 0 Å². The minimum absolute atomic E-state index is 0.101. The van der Waals surface area contributed by atoms with Crippen molar-refractivity contribution >= 4 is 28.3 Å². The van der Waals surface area contributed by atoms with Gasteiger partial charge >= 0.3 is 0 Å². The lowest BCUT2D eigenvalue weighted by Gasteiger charge is -2.29. The summed E-state index contributed by atoms with van der Waals surface area (Å²) < 4.78 is 26.6. The molecule has 0 unspecified atom stereocenters. The number of thiol groups is 1. The second-order valence-electron chi connectivity index (χ2n) is 6.36. The standard InChI is InChI=1S/C16H26N2O2S2/c1-12(2)22(19,20)18-14-8-6-13(7-9-14)11-17-15-4-3-5-16(21)10-15/h3-5,10,12-14,17-18,21H,6-9,11H2,1-2H3/t13-,14-. The molecule has 2 N–H and O–H groups in total. The third-order valence-corrected chi connectivity index (χ3v) is 6.42. The lowest BCUT2D eigenvalue weighted by atomic mass is 9.86. The molecule has 0 aliphatic heterocycles. The maximum Gasteiger partial charge on any atom is 0.214 e. The number of benzene rings is 1. The minimum atomic E-state index is -3.15. The van der Waals surface area contributed by atoms with Gasteiger partial charge in [-0.3, -0.25) is 0 Å². The van der Waals surface area contributed by atoms with Gasteiger partial charge in [-0.1, -0.05) is 6.07 Å². The molecule has 0 bridgehead atoms. The first kappa shape index (κ1) is 17.6. The van der Waals surface area contributed by atoms with Crippen molar-refractivity contribution in [2.24, 2.45) is 5.92 Å². The van der Waals surface area contributed by atoms with Crippen LogP contribution in [0.2, 0.25) is 0 Å². The van der Waals surface area contributed by atoms with Crippen LogP contribution in [0.1, 0.15) is 39.5 Å². The number of nitrogens with one attached hydrogen (secondary N) is 2. The number of anilines is 1. The average Bonchev–Trinajstić information content (AvgIpc) is 2.46. The van der Waals surface area contributed by atoms with Crippen LogP contribution >= 0.6 is 12.6 Å². The van der Waals surface area contributed by atoms with Gasteiger partial charge < -0.3 is 5.32 Å². The van der Waals surface area contributed by atoms with E-state index in [4.69, 9.17) is 0 Å². The minimum Gasteiger partial charge on any atom is -0.385 e. The number of sulfonamides is 1. The van der Waals surface area contributed by atoms with E-state index in [1.54, 1.807) is 13.8 Å². The molecule has 0 spiro atoms. The number of rotatable bonds is 6. The molecule has 1 aromatic carbocycles. The van der Waals surface area contributed by atoms with Crippen molar-refractivity contribution in [2.45, 2.75) is 55.7 Å². The highest BCUT2D eigenvalue weighted by molar-refractivity contribution is 7.90. The Morgan fingerprint density at radius 2 is 1.91 bits per heavy atom. The molecule has 0 saturated heterocycles. The lowest BCUT2D eigenvalue weighted by Crippen LogP contribution is -2.41. The molecule has 1 aromatic rings. The van der Waals surface area contributed by atoms with Crippen LogP contribution in [0.4, 0.5) is 5.69 Å². The summed E-state index contributed by atoms with van der Waals surface area (Å²) >= 11 is 4.34. The highest BCUT2D eigenvalue weighted by Crippen LogP contribution is 2.25. The topological polar surface area (TPSA) is 58.2 Å². The van der Waals surface area contributed by atoms with Crippen LogP contribution in [-0.2, 0) is 10.0 Å². The average molecular weight is 343 g/mol. The van der Waals surface area contributed by atoms with Gasteiger partial charge in [-0.15, -0.1) is 12.6 Å². The molecule has 0 amide bonds. The zero-order valence-corrected chi connectivity index (χ0v) is 15.0. The zero-order chi connectivity index (χ0) is 16.2. The molecule has 1 aliphatic rings. The normalized spacial score (nSPS) is 22.7. The van der Waals surface area contributed by atoms with E-state index in [1.807, 2.05) is 24.3 Å². The largest absolute Gasteiger partial charge is 0.385 e. The van der Waals surface area contributed by atoms with Crippen LogP contribution in [0.5, 0.6) is 0 Å². The summed E-state index contributed by atoms with van der Waals surface area (Å²) in [5.74, 6) is 0.600. The van der Waals surface area contributed by atoms with E-state index >= 15 is 0 Å². The molecule has 2 rings (SSSR count). The first-order valence-electron chi connectivity index (χ1n) is 7.91. The van der Waals surface area contributed by atoms with E-state index in [0.717, 1.165) is 42.8 Å². The van der Waals surface area contributed by atoms with Crippen LogP contribution in [0.25, 0.3) is 0 Å². The third-order valence-electron chi connectivity index (χ3n) is 4.24. The second kappa shape index (κ2) is 7.70. The first-order chi connectivity index (χ1) is 10.4. The predicted molar refractivity (Wildman–Crippen MR) is 95.1 cm³/mol. The summed E-state index contributed by atoms with van der Waals surface area (Å²) in [7, 11) is -3.15. The summed E-state index contributed by atoms with van der Waals surface area (Å²) in [5.41, 5.74) is 1.09. The maximum atomic E-state index is 11.9. The summed E-state index contributed by atoms with van der Waals surface area (Å²) in [5, 5.41) is 3.09. The van der Waals surface area contributed by atoms with Crippen molar-refractivity contribution in [1.29, 1.82) is 0 Å². The van der Waals surface area contributed by atoms with E-state index in [9.17, 15) is 8.42 Å². The lowest BCUT2D eigenvalue weighted by molar-refractivity contribution is 0.323. The van der Waals surface area contributed by atoms with Crippen LogP contribution in [0.3, 0.4) is 0 Å². The van der Waals surface area contributed by atoms with Crippen molar-refractivity contribution < 1.29 is 8.42 Å². The maximum absolute atomic E-state index is 11.9. The second-order valence-corrected chi connectivity index (χ2v) is 9.15. The molecule has 22 heavy (non-hydrogen) atoms. The van der Waals surface area contributed by atoms with Gasteiger partial charge in [-0.25, -0.2) is 13.1 Å². The van der Waals surface area contributed by atoms with Gasteiger partial charge in [0.15, 0.2) is 0 Å². The Balaban J connectivity index is 1.76. The SMILES string of the molecule is CC(C)S(=O)(=O)N[C@H]1CC[C@H](CNc2cccc(S)c2)CC1. The third kappa shape index (κ3) is 5.18. The van der Waals surface area contributed by atoms with Crippen molar-refractivity contribution in [3.05, 3.63) is 24.3 Å². The number of hydrogen-bond donors (Lipinski definition) is 3. The molecule has 0 radical (unpaired) electrons. The quantitative estimate of drug-likeness (QED) is 0.696. The molecule has 0 atom stereocenters. The fraction of sp³-hybridized carbons (Fsp3) is 0.625. The van der Waals surface area contributed by atoms with E-state index in [1.165, 1.54) is 0 Å². The van der Waals surface area contributed by atoms with E-state index in [2.05, 4.69) is 22.7 Å².